The zero-order valence-corrected chi connectivity index (χ0v) is 17.5. The molecule has 1 aliphatic rings. The summed E-state index contributed by atoms with van der Waals surface area (Å²) in [4.78, 5) is 26.8. The van der Waals surface area contributed by atoms with Gasteiger partial charge >= 0.3 is 5.97 Å². The Bertz CT molecular complexity index is 818. The Hall–Kier alpha value is -2.85. The summed E-state index contributed by atoms with van der Waals surface area (Å²) in [6.45, 7) is 5.22. The lowest BCUT2D eigenvalue weighted by molar-refractivity contribution is -0.137. The standard InChI is InChI=1S/C21H28F2N4O4/c1-2-16(24)19(20(25)26-7-4-8-27-9-11-30-12-10-27)21(29)31-13-17(28)18-14(22)5-3-6-15(18)23/h3,5-6,24,26H,2,4,7-13,25H2,1H3/b20-19+,24-16?. The van der Waals surface area contributed by atoms with Crippen LogP contribution in [0.15, 0.2) is 29.6 Å². The number of hydrogen-bond donors (Lipinski definition) is 3. The van der Waals surface area contributed by atoms with Crippen molar-refractivity contribution in [3.63, 3.8) is 0 Å². The van der Waals surface area contributed by atoms with Crippen LogP contribution in [0.4, 0.5) is 8.78 Å². The first-order chi connectivity index (χ1) is 14.8. The van der Waals surface area contributed by atoms with E-state index >= 15 is 0 Å². The average Bonchev–Trinajstić information content (AvgIpc) is 2.76. The summed E-state index contributed by atoms with van der Waals surface area (Å²) < 4.78 is 37.6. The number of carbonyl (C=O) groups is 2. The van der Waals surface area contributed by atoms with Crippen LogP contribution < -0.4 is 11.1 Å². The molecule has 0 bridgehead atoms. The smallest absolute Gasteiger partial charge is 0.344 e. The van der Waals surface area contributed by atoms with Crippen LogP contribution in [0, 0.1) is 17.0 Å². The zero-order chi connectivity index (χ0) is 22.8. The molecule has 1 aromatic carbocycles. The number of Topliss-reactive ketones (excluding diaryl/α,β-unsaturated/α-hetero) is 1. The van der Waals surface area contributed by atoms with Gasteiger partial charge in [0.25, 0.3) is 0 Å². The second kappa shape index (κ2) is 12.1. The maximum Gasteiger partial charge on any atom is 0.344 e. The third kappa shape index (κ3) is 7.11. The Morgan fingerprint density at radius 1 is 1.26 bits per heavy atom. The van der Waals surface area contributed by atoms with Crippen molar-refractivity contribution in [1.29, 1.82) is 5.41 Å². The molecule has 0 saturated carbocycles. The van der Waals surface area contributed by atoms with Crippen molar-refractivity contribution in [1.82, 2.24) is 10.2 Å². The van der Waals surface area contributed by atoms with Crippen LogP contribution in [0.25, 0.3) is 0 Å². The number of rotatable bonds is 11. The van der Waals surface area contributed by atoms with Crippen molar-refractivity contribution in [2.24, 2.45) is 5.73 Å². The van der Waals surface area contributed by atoms with Crippen molar-refractivity contribution in [3.8, 4) is 0 Å². The highest BCUT2D eigenvalue weighted by Crippen LogP contribution is 2.14. The zero-order valence-electron chi connectivity index (χ0n) is 17.5. The summed E-state index contributed by atoms with van der Waals surface area (Å²) in [6.07, 6.45) is 0.962. The Morgan fingerprint density at radius 3 is 2.52 bits per heavy atom. The molecule has 4 N–H and O–H groups in total. The Labute approximate surface area is 179 Å². The predicted octanol–water partition coefficient (Wildman–Crippen LogP) is 1.60. The fourth-order valence-electron chi connectivity index (χ4n) is 3.05. The number of benzene rings is 1. The van der Waals surface area contributed by atoms with E-state index in [9.17, 15) is 18.4 Å². The highest BCUT2D eigenvalue weighted by atomic mass is 19.1. The first-order valence-electron chi connectivity index (χ1n) is 10.1. The molecular formula is C21H28F2N4O4. The molecular weight excluding hydrogens is 410 g/mol. The molecule has 0 radical (unpaired) electrons. The van der Waals surface area contributed by atoms with Gasteiger partial charge in [-0.15, -0.1) is 0 Å². The molecule has 0 aliphatic carbocycles. The second-order valence-corrected chi connectivity index (χ2v) is 6.95. The molecule has 2 rings (SSSR count). The van der Waals surface area contributed by atoms with E-state index in [1.165, 1.54) is 0 Å². The lowest BCUT2D eigenvalue weighted by Crippen LogP contribution is -2.38. The molecule has 0 spiro atoms. The lowest BCUT2D eigenvalue weighted by atomic mass is 10.1. The van der Waals surface area contributed by atoms with Crippen LogP contribution >= 0.6 is 0 Å². The van der Waals surface area contributed by atoms with Crippen molar-refractivity contribution in [3.05, 3.63) is 46.8 Å². The minimum Gasteiger partial charge on any atom is -0.454 e. The summed E-state index contributed by atoms with van der Waals surface area (Å²) in [5.74, 6) is -4.15. The number of nitrogens with zero attached hydrogens (tertiary/aromatic N) is 1. The highest BCUT2D eigenvalue weighted by Gasteiger charge is 2.23. The van der Waals surface area contributed by atoms with Crippen LogP contribution in [0.3, 0.4) is 0 Å². The molecule has 0 amide bonds. The molecule has 31 heavy (non-hydrogen) atoms. The Kier molecular flexibility index (Phi) is 9.54. The Balaban J connectivity index is 1.95. The first kappa shape index (κ1) is 24.4. The summed E-state index contributed by atoms with van der Waals surface area (Å²) in [5.41, 5.74) is 4.92. The van der Waals surface area contributed by atoms with Crippen LogP contribution in [-0.4, -0.2) is 68.4 Å². The maximum absolute atomic E-state index is 13.7. The summed E-state index contributed by atoms with van der Waals surface area (Å²) >= 11 is 0. The predicted molar refractivity (Wildman–Crippen MR) is 111 cm³/mol. The minimum atomic E-state index is -1.04. The van der Waals surface area contributed by atoms with Crippen molar-refractivity contribution in [2.75, 3.05) is 46.0 Å². The van der Waals surface area contributed by atoms with E-state index in [2.05, 4.69) is 10.2 Å². The SMILES string of the molecule is CCC(=N)/C(C(=O)OCC(=O)c1c(F)cccc1F)=C(/N)NCCCN1CCOCC1. The third-order valence-corrected chi connectivity index (χ3v) is 4.78. The van der Waals surface area contributed by atoms with Gasteiger partial charge in [0.15, 0.2) is 6.61 Å². The van der Waals surface area contributed by atoms with Gasteiger partial charge in [-0.05, 0) is 31.5 Å². The molecule has 1 aromatic rings. The lowest BCUT2D eigenvalue weighted by Gasteiger charge is -2.26. The highest BCUT2D eigenvalue weighted by molar-refractivity contribution is 6.19. The quantitative estimate of drug-likeness (QED) is 0.158. The molecule has 10 heteroatoms. The van der Waals surface area contributed by atoms with Crippen molar-refractivity contribution in [2.45, 2.75) is 19.8 Å². The van der Waals surface area contributed by atoms with E-state index in [1.54, 1.807) is 6.92 Å². The fourth-order valence-corrected chi connectivity index (χ4v) is 3.05. The molecule has 0 unspecified atom stereocenters. The van der Waals surface area contributed by atoms with E-state index in [4.69, 9.17) is 20.6 Å². The number of ether oxygens (including phenoxy) is 2. The molecule has 0 aromatic heterocycles. The van der Waals surface area contributed by atoms with E-state index < -0.39 is 35.6 Å². The number of morpholine rings is 1. The molecule has 1 saturated heterocycles. The molecule has 8 nitrogen and oxygen atoms in total. The van der Waals surface area contributed by atoms with Gasteiger partial charge in [0.2, 0.25) is 5.78 Å². The van der Waals surface area contributed by atoms with E-state index in [-0.39, 0.29) is 23.5 Å². The number of nitrogens with one attached hydrogen (secondary N) is 2. The van der Waals surface area contributed by atoms with Crippen molar-refractivity contribution < 1.29 is 27.8 Å². The van der Waals surface area contributed by atoms with Gasteiger partial charge in [0.1, 0.15) is 23.0 Å². The topological polar surface area (TPSA) is 118 Å². The van der Waals surface area contributed by atoms with Crippen LogP contribution in [0.1, 0.15) is 30.1 Å². The first-order valence-corrected chi connectivity index (χ1v) is 10.1. The number of ketones is 1. The van der Waals surface area contributed by atoms with Gasteiger partial charge in [-0.2, -0.15) is 0 Å². The number of esters is 1. The van der Waals surface area contributed by atoms with Crippen molar-refractivity contribution >= 4 is 17.5 Å². The number of nitrogens with two attached hydrogens (primary N) is 1. The largest absolute Gasteiger partial charge is 0.454 e. The van der Waals surface area contributed by atoms with Gasteiger partial charge in [-0.25, -0.2) is 13.6 Å². The number of carbonyl (C=O) groups excluding carboxylic acids is 2. The summed E-state index contributed by atoms with van der Waals surface area (Å²) in [5, 5.41) is 10.9. The van der Waals surface area contributed by atoms with Crippen LogP contribution in [-0.2, 0) is 14.3 Å². The molecule has 1 aliphatic heterocycles. The minimum absolute atomic E-state index is 0.0386. The molecule has 170 valence electrons. The maximum atomic E-state index is 13.7. The van der Waals surface area contributed by atoms with E-state index in [0.717, 1.165) is 44.3 Å². The van der Waals surface area contributed by atoms with Crippen LogP contribution in [0.2, 0.25) is 0 Å². The number of hydrogen-bond acceptors (Lipinski definition) is 8. The Morgan fingerprint density at radius 2 is 1.90 bits per heavy atom. The van der Waals surface area contributed by atoms with Gasteiger partial charge in [0, 0.05) is 25.3 Å². The fraction of sp³-hybridized carbons (Fsp3) is 0.476. The summed E-state index contributed by atoms with van der Waals surface area (Å²) in [6, 6.07) is 3.01. The molecule has 1 fully saturated rings. The normalized spacial score (nSPS) is 15.2. The number of halogens is 2. The van der Waals surface area contributed by atoms with E-state index in [0.29, 0.717) is 19.8 Å². The molecule has 1 heterocycles. The monoisotopic (exact) mass is 438 g/mol. The second-order valence-electron chi connectivity index (χ2n) is 6.95. The van der Waals surface area contributed by atoms with Gasteiger partial charge in [0.05, 0.1) is 18.8 Å². The third-order valence-electron chi connectivity index (χ3n) is 4.78. The molecule has 0 atom stereocenters. The average molecular weight is 438 g/mol. The van der Waals surface area contributed by atoms with Gasteiger partial charge < -0.3 is 25.9 Å². The van der Waals surface area contributed by atoms with E-state index in [1.807, 2.05) is 0 Å². The summed E-state index contributed by atoms with van der Waals surface area (Å²) in [7, 11) is 0. The van der Waals surface area contributed by atoms with Gasteiger partial charge in [-0.3, -0.25) is 9.69 Å². The van der Waals surface area contributed by atoms with Gasteiger partial charge in [-0.1, -0.05) is 13.0 Å². The van der Waals surface area contributed by atoms with Crippen LogP contribution in [0.5, 0.6) is 0 Å².